The van der Waals surface area contributed by atoms with Gasteiger partial charge < -0.3 is 10.2 Å². The van der Waals surface area contributed by atoms with Crippen LogP contribution in [0.15, 0.2) is 22.9 Å². The molecule has 0 aliphatic heterocycles. The summed E-state index contributed by atoms with van der Waals surface area (Å²) in [4.78, 5) is 0. The maximum atomic E-state index is 5.50. The van der Waals surface area contributed by atoms with E-state index in [1.807, 2.05) is 0 Å². The van der Waals surface area contributed by atoms with Crippen LogP contribution in [0.3, 0.4) is 0 Å². The van der Waals surface area contributed by atoms with Crippen LogP contribution in [0.2, 0.25) is 0 Å². The molecule has 0 atom stereocenters. The van der Waals surface area contributed by atoms with Gasteiger partial charge in [-0.2, -0.15) is 5.10 Å². The molecule has 0 spiro atoms. The number of hydrogen-bond acceptors (Lipinski definition) is 4. The monoisotopic (exact) mass is 135 g/mol. The van der Waals surface area contributed by atoms with Crippen LogP contribution in [0.4, 0.5) is 5.69 Å². The standard InChI is InChI=1S/C6H5N3O/c7-4-3-8-9-5-1-2-10-6(4)5/h1-3H,(H2,7,9). The van der Waals surface area contributed by atoms with Gasteiger partial charge in [-0.25, -0.2) is 0 Å². The third kappa shape index (κ3) is 0.556. The fourth-order valence-electron chi connectivity index (χ4n) is 0.809. The number of rotatable bonds is 0. The molecule has 50 valence electrons. The fraction of sp³-hybridized carbons (Fsp3) is 0. The van der Waals surface area contributed by atoms with Gasteiger partial charge in [0.1, 0.15) is 5.52 Å². The molecule has 0 fully saturated rings. The van der Waals surface area contributed by atoms with Crippen molar-refractivity contribution in [2.45, 2.75) is 0 Å². The summed E-state index contributed by atoms with van der Waals surface area (Å²) in [6.45, 7) is 0. The molecule has 0 saturated heterocycles. The van der Waals surface area contributed by atoms with Crippen LogP contribution >= 0.6 is 0 Å². The number of anilines is 1. The lowest BCUT2D eigenvalue weighted by atomic mass is 10.4. The summed E-state index contributed by atoms with van der Waals surface area (Å²) in [5.74, 6) is 0. The van der Waals surface area contributed by atoms with Gasteiger partial charge in [-0.3, -0.25) is 0 Å². The highest BCUT2D eigenvalue weighted by molar-refractivity contribution is 5.82. The van der Waals surface area contributed by atoms with E-state index < -0.39 is 0 Å². The topological polar surface area (TPSA) is 64.9 Å². The van der Waals surface area contributed by atoms with Gasteiger partial charge in [0, 0.05) is 6.07 Å². The molecule has 4 heteroatoms. The van der Waals surface area contributed by atoms with Gasteiger partial charge in [-0.1, -0.05) is 0 Å². The summed E-state index contributed by atoms with van der Waals surface area (Å²) < 4.78 is 5.02. The molecule has 10 heavy (non-hydrogen) atoms. The van der Waals surface area contributed by atoms with E-state index >= 15 is 0 Å². The maximum Gasteiger partial charge on any atom is 0.178 e. The predicted molar refractivity (Wildman–Crippen MR) is 36.2 cm³/mol. The minimum absolute atomic E-state index is 0.523. The van der Waals surface area contributed by atoms with E-state index in [4.69, 9.17) is 10.2 Å². The van der Waals surface area contributed by atoms with Crippen molar-refractivity contribution in [3.63, 3.8) is 0 Å². The van der Waals surface area contributed by atoms with E-state index in [-0.39, 0.29) is 0 Å². The zero-order valence-corrected chi connectivity index (χ0v) is 5.11. The Labute approximate surface area is 56.7 Å². The second kappa shape index (κ2) is 1.70. The molecule has 0 unspecified atom stereocenters. The second-order valence-corrected chi connectivity index (χ2v) is 1.93. The highest BCUT2D eigenvalue weighted by atomic mass is 16.3. The number of nitrogens with two attached hydrogens (primary N) is 1. The molecule has 0 aromatic carbocycles. The molecular formula is C6H5N3O. The molecule has 0 amide bonds. The van der Waals surface area contributed by atoms with Gasteiger partial charge in [0.25, 0.3) is 0 Å². The molecule has 2 aromatic heterocycles. The van der Waals surface area contributed by atoms with Crippen LogP contribution in [0.5, 0.6) is 0 Å². The van der Waals surface area contributed by atoms with E-state index in [2.05, 4.69) is 10.2 Å². The van der Waals surface area contributed by atoms with Crippen LogP contribution < -0.4 is 5.73 Å². The van der Waals surface area contributed by atoms with Crippen molar-refractivity contribution in [3.05, 3.63) is 18.5 Å². The van der Waals surface area contributed by atoms with Crippen LogP contribution in [-0.2, 0) is 0 Å². The molecule has 0 aliphatic carbocycles. The molecule has 0 radical (unpaired) electrons. The van der Waals surface area contributed by atoms with Gasteiger partial charge in [-0.15, -0.1) is 5.10 Å². The van der Waals surface area contributed by atoms with E-state index in [1.54, 1.807) is 6.07 Å². The first-order valence-electron chi connectivity index (χ1n) is 2.82. The Balaban J connectivity index is 2.95. The third-order valence-corrected chi connectivity index (χ3v) is 1.27. The lowest BCUT2D eigenvalue weighted by Crippen LogP contribution is -1.88. The lowest BCUT2D eigenvalue weighted by Gasteiger charge is -1.88. The summed E-state index contributed by atoms with van der Waals surface area (Å²) in [6, 6.07) is 1.72. The van der Waals surface area contributed by atoms with Gasteiger partial charge in [-0.05, 0) is 0 Å². The maximum absolute atomic E-state index is 5.50. The average Bonchev–Trinajstić information content (AvgIpc) is 2.36. The minimum Gasteiger partial charge on any atom is -0.460 e. The van der Waals surface area contributed by atoms with E-state index in [1.165, 1.54) is 12.5 Å². The zero-order chi connectivity index (χ0) is 6.97. The number of nitrogens with zero attached hydrogens (tertiary/aromatic N) is 2. The number of nitrogen functional groups attached to an aromatic ring is 1. The first kappa shape index (κ1) is 5.22. The van der Waals surface area contributed by atoms with Gasteiger partial charge in [0.15, 0.2) is 5.58 Å². The smallest absolute Gasteiger partial charge is 0.178 e. The molecule has 4 nitrogen and oxygen atoms in total. The Morgan fingerprint density at radius 3 is 3.20 bits per heavy atom. The molecule has 2 heterocycles. The average molecular weight is 135 g/mol. The summed E-state index contributed by atoms with van der Waals surface area (Å²) in [6.07, 6.45) is 3.00. The molecule has 0 aliphatic rings. The van der Waals surface area contributed by atoms with E-state index in [0.717, 1.165) is 0 Å². The number of fused-ring (bicyclic) bond motifs is 1. The number of aromatic nitrogens is 2. The highest BCUT2D eigenvalue weighted by Gasteiger charge is 2.00. The minimum atomic E-state index is 0.523. The summed E-state index contributed by atoms with van der Waals surface area (Å²) in [5.41, 5.74) is 7.33. The van der Waals surface area contributed by atoms with Gasteiger partial charge in [0.05, 0.1) is 18.1 Å². The van der Waals surface area contributed by atoms with Gasteiger partial charge in [0.2, 0.25) is 0 Å². The van der Waals surface area contributed by atoms with Crippen LogP contribution in [0.25, 0.3) is 11.1 Å². The Morgan fingerprint density at radius 2 is 2.40 bits per heavy atom. The molecule has 2 rings (SSSR count). The molecule has 2 N–H and O–H groups in total. The molecular weight excluding hydrogens is 130 g/mol. The normalized spacial score (nSPS) is 10.4. The molecule has 0 bridgehead atoms. The summed E-state index contributed by atoms with van der Waals surface area (Å²) in [5, 5.41) is 7.43. The van der Waals surface area contributed by atoms with Crippen molar-refractivity contribution in [2.75, 3.05) is 5.73 Å². The zero-order valence-electron chi connectivity index (χ0n) is 5.11. The van der Waals surface area contributed by atoms with E-state index in [0.29, 0.717) is 16.8 Å². The Hall–Kier alpha value is -1.58. The largest absolute Gasteiger partial charge is 0.460 e. The summed E-state index contributed by atoms with van der Waals surface area (Å²) in [7, 11) is 0. The van der Waals surface area contributed by atoms with Crippen molar-refractivity contribution in [1.29, 1.82) is 0 Å². The second-order valence-electron chi connectivity index (χ2n) is 1.93. The Bertz CT molecular complexity index is 355. The Morgan fingerprint density at radius 1 is 1.50 bits per heavy atom. The third-order valence-electron chi connectivity index (χ3n) is 1.27. The van der Waals surface area contributed by atoms with Crippen molar-refractivity contribution < 1.29 is 4.42 Å². The Kier molecular flexibility index (Phi) is 0.887. The van der Waals surface area contributed by atoms with E-state index in [9.17, 15) is 0 Å². The van der Waals surface area contributed by atoms with Gasteiger partial charge >= 0.3 is 0 Å². The van der Waals surface area contributed by atoms with Crippen molar-refractivity contribution in [3.8, 4) is 0 Å². The van der Waals surface area contributed by atoms with Crippen molar-refractivity contribution in [1.82, 2.24) is 10.2 Å². The first-order valence-corrected chi connectivity index (χ1v) is 2.82. The quantitative estimate of drug-likeness (QED) is 0.580. The van der Waals surface area contributed by atoms with Crippen LogP contribution in [0, 0.1) is 0 Å². The highest BCUT2D eigenvalue weighted by Crippen LogP contribution is 2.16. The van der Waals surface area contributed by atoms with Crippen molar-refractivity contribution >= 4 is 16.8 Å². The first-order chi connectivity index (χ1) is 4.88. The molecule has 0 saturated carbocycles. The lowest BCUT2D eigenvalue weighted by molar-refractivity contribution is 0.616. The van der Waals surface area contributed by atoms with Crippen LogP contribution in [0.1, 0.15) is 0 Å². The molecule has 2 aromatic rings. The van der Waals surface area contributed by atoms with Crippen molar-refractivity contribution in [2.24, 2.45) is 0 Å². The summed E-state index contributed by atoms with van der Waals surface area (Å²) >= 11 is 0. The predicted octanol–water partition coefficient (Wildman–Crippen LogP) is 0.805. The number of hydrogen-bond donors (Lipinski definition) is 1. The van der Waals surface area contributed by atoms with Crippen LogP contribution in [-0.4, -0.2) is 10.2 Å². The fourth-order valence-corrected chi connectivity index (χ4v) is 0.809. The SMILES string of the molecule is Nc1cnnc2ccoc12. The number of furan rings is 1.